The van der Waals surface area contributed by atoms with E-state index in [-0.39, 0.29) is 28.6 Å². The third kappa shape index (κ3) is 4.14. The first-order valence-corrected chi connectivity index (χ1v) is 9.96. The molecule has 1 aliphatic heterocycles. The highest BCUT2D eigenvalue weighted by molar-refractivity contribution is 7.20. The summed E-state index contributed by atoms with van der Waals surface area (Å²) in [5, 5.41) is 3.45. The zero-order valence-corrected chi connectivity index (χ0v) is 16.7. The number of likely N-dealkylation sites (tertiary alicyclic amines) is 1. The minimum absolute atomic E-state index is 0.00372. The number of carbonyl (C=O) groups excluding carboxylic acids is 2. The van der Waals surface area contributed by atoms with Gasteiger partial charge in [0.15, 0.2) is 0 Å². The van der Waals surface area contributed by atoms with Crippen molar-refractivity contribution in [2.75, 3.05) is 13.1 Å². The number of piperidine rings is 1. The molecule has 1 N–H and O–H groups in total. The predicted molar refractivity (Wildman–Crippen MR) is 101 cm³/mol. The average molecular weight is 413 g/mol. The van der Waals surface area contributed by atoms with E-state index in [0.717, 1.165) is 17.4 Å². The van der Waals surface area contributed by atoms with E-state index in [1.165, 1.54) is 6.07 Å². The first-order chi connectivity index (χ1) is 13.1. The second-order valence-electron chi connectivity index (χ2n) is 7.33. The van der Waals surface area contributed by atoms with Crippen molar-refractivity contribution in [1.29, 1.82) is 0 Å². The number of rotatable bonds is 3. The molecule has 28 heavy (non-hydrogen) atoms. The van der Waals surface area contributed by atoms with Crippen molar-refractivity contribution in [1.82, 2.24) is 15.2 Å². The van der Waals surface area contributed by atoms with Crippen LogP contribution in [0.1, 0.15) is 47.6 Å². The molecular weight excluding hydrogens is 391 g/mol. The Kier molecular flexibility index (Phi) is 5.65. The number of nitrogens with one attached hydrogen (secondary N) is 1. The third-order valence-corrected chi connectivity index (χ3v) is 6.06. The molecule has 0 saturated carbocycles. The molecule has 0 unspecified atom stereocenters. The van der Waals surface area contributed by atoms with Crippen molar-refractivity contribution >= 4 is 33.4 Å². The topological polar surface area (TPSA) is 62.3 Å². The fourth-order valence-electron chi connectivity index (χ4n) is 3.35. The zero-order chi connectivity index (χ0) is 20.6. The lowest BCUT2D eigenvalue weighted by atomic mass is 9.95. The van der Waals surface area contributed by atoms with Gasteiger partial charge in [-0.05, 0) is 51.3 Å². The van der Waals surface area contributed by atoms with E-state index in [0.29, 0.717) is 41.8 Å². The van der Waals surface area contributed by atoms with Gasteiger partial charge in [-0.1, -0.05) is 0 Å². The second-order valence-corrected chi connectivity index (χ2v) is 8.33. The van der Waals surface area contributed by atoms with Crippen molar-refractivity contribution in [3.8, 4) is 0 Å². The fraction of sp³-hybridized carbons (Fsp3) is 0.526. The van der Waals surface area contributed by atoms with E-state index < -0.39 is 11.9 Å². The summed E-state index contributed by atoms with van der Waals surface area (Å²) in [5.74, 6) is -0.327. The molecule has 0 atom stereocenters. The molecule has 3 rings (SSSR count). The van der Waals surface area contributed by atoms with Crippen LogP contribution in [0.5, 0.6) is 0 Å². The van der Waals surface area contributed by atoms with Gasteiger partial charge in [-0.15, -0.1) is 11.3 Å². The Hall–Kier alpha value is -2.16. The fourth-order valence-corrected chi connectivity index (χ4v) is 4.50. The second kappa shape index (κ2) is 7.69. The maximum atomic E-state index is 12.9. The number of hydrogen-bond donors (Lipinski definition) is 1. The van der Waals surface area contributed by atoms with E-state index in [9.17, 15) is 22.8 Å². The summed E-state index contributed by atoms with van der Waals surface area (Å²) in [7, 11) is 0. The van der Waals surface area contributed by atoms with Gasteiger partial charge in [0, 0.05) is 30.4 Å². The molecule has 5 nitrogen and oxygen atoms in total. The first kappa shape index (κ1) is 20.6. The first-order valence-electron chi connectivity index (χ1n) is 9.15. The van der Waals surface area contributed by atoms with Crippen LogP contribution in [-0.4, -0.2) is 40.8 Å². The van der Waals surface area contributed by atoms with E-state index in [4.69, 9.17) is 0 Å². The van der Waals surface area contributed by atoms with E-state index in [1.54, 1.807) is 11.8 Å². The molecule has 9 heteroatoms. The Morgan fingerprint density at radius 1 is 1.25 bits per heavy atom. The van der Waals surface area contributed by atoms with Crippen LogP contribution in [0.4, 0.5) is 13.2 Å². The molecule has 0 bridgehead atoms. The summed E-state index contributed by atoms with van der Waals surface area (Å²) in [6.45, 7) is 6.43. The maximum Gasteiger partial charge on any atom is 0.433 e. The minimum Gasteiger partial charge on any atom is -0.354 e. The van der Waals surface area contributed by atoms with Gasteiger partial charge < -0.3 is 10.2 Å². The van der Waals surface area contributed by atoms with Gasteiger partial charge in [0.05, 0.1) is 4.88 Å². The van der Waals surface area contributed by atoms with Gasteiger partial charge >= 0.3 is 6.18 Å². The highest BCUT2D eigenvalue weighted by Gasteiger charge is 2.34. The largest absolute Gasteiger partial charge is 0.433 e. The van der Waals surface area contributed by atoms with Gasteiger partial charge in [-0.3, -0.25) is 9.59 Å². The Balaban J connectivity index is 1.75. The average Bonchev–Trinajstić information content (AvgIpc) is 2.96. The van der Waals surface area contributed by atoms with Gasteiger partial charge in [-0.2, -0.15) is 13.2 Å². The van der Waals surface area contributed by atoms with Crippen LogP contribution < -0.4 is 5.32 Å². The number of fused-ring (bicyclic) bond motifs is 1. The number of aryl methyl sites for hydroxylation is 1. The lowest BCUT2D eigenvalue weighted by molar-refractivity contribution is -0.141. The lowest BCUT2D eigenvalue weighted by Crippen LogP contribution is -2.44. The zero-order valence-electron chi connectivity index (χ0n) is 15.9. The number of hydrogen-bond acceptors (Lipinski definition) is 4. The number of pyridine rings is 1. The molecule has 0 radical (unpaired) electrons. The van der Waals surface area contributed by atoms with Crippen LogP contribution in [-0.2, 0) is 11.0 Å². The number of nitrogens with zero attached hydrogens (tertiary/aromatic N) is 2. The highest BCUT2D eigenvalue weighted by atomic mass is 32.1. The molecule has 3 heterocycles. The molecule has 1 aliphatic rings. The highest BCUT2D eigenvalue weighted by Crippen LogP contribution is 2.35. The Morgan fingerprint density at radius 3 is 2.46 bits per heavy atom. The van der Waals surface area contributed by atoms with Crippen LogP contribution in [0.3, 0.4) is 0 Å². The van der Waals surface area contributed by atoms with E-state index in [2.05, 4.69) is 10.3 Å². The van der Waals surface area contributed by atoms with Gasteiger partial charge in [0.25, 0.3) is 5.91 Å². The SMILES string of the molecule is Cc1c(C(=O)N2CCC(C(=O)NC(C)C)CC2)sc2nc(C(F)(F)F)ccc12. The Morgan fingerprint density at radius 2 is 1.89 bits per heavy atom. The molecule has 2 amide bonds. The van der Waals surface area contributed by atoms with Crippen LogP contribution >= 0.6 is 11.3 Å². The summed E-state index contributed by atoms with van der Waals surface area (Å²) < 4.78 is 38.7. The van der Waals surface area contributed by atoms with E-state index in [1.807, 2.05) is 13.8 Å². The number of alkyl halides is 3. The summed E-state index contributed by atoms with van der Waals surface area (Å²) in [6, 6.07) is 2.38. The Labute approximate surface area is 164 Å². The van der Waals surface area contributed by atoms with Crippen LogP contribution in [0.2, 0.25) is 0 Å². The monoisotopic (exact) mass is 413 g/mol. The summed E-state index contributed by atoms with van der Waals surface area (Å²) in [6.07, 6.45) is -3.37. The molecule has 0 aliphatic carbocycles. The van der Waals surface area contributed by atoms with Crippen molar-refractivity contribution < 1.29 is 22.8 Å². The smallest absolute Gasteiger partial charge is 0.354 e. The number of halogens is 3. The number of thiophene rings is 1. The molecule has 152 valence electrons. The van der Waals surface area contributed by atoms with Crippen molar-refractivity contribution in [2.45, 2.75) is 45.8 Å². The molecule has 1 saturated heterocycles. The van der Waals surface area contributed by atoms with Crippen molar-refractivity contribution in [2.24, 2.45) is 5.92 Å². The minimum atomic E-state index is -4.52. The van der Waals surface area contributed by atoms with Crippen LogP contribution in [0.25, 0.3) is 10.2 Å². The molecular formula is C19H22F3N3O2S. The Bertz CT molecular complexity index is 900. The summed E-state index contributed by atoms with van der Waals surface area (Å²) in [5.41, 5.74) is -0.317. The van der Waals surface area contributed by atoms with Crippen LogP contribution in [0, 0.1) is 12.8 Å². The van der Waals surface area contributed by atoms with E-state index >= 15 is 0 Å². The summed E-state index contributed by atoms with van der Waals surface area (Å²) >= 11 is 0.990. The number of aromatic nitrogens is 1. The maximum absolute atomic E-state index is 12.9. The quantitative estimate of drug-likeness (QED) is 0.827. The van der Waals surface area contributed by atoms with Crippen molar-refractivity contribution in [3.63, 3.8) is 0 Å². The molecule has 0 spiro atoms. The van der Waals surface area contributed by atoms with Gasteiger partial charge in [0.1, 0.15) is 10.5 Å². The molecule has 2 aromatic rings. The number of carbonyl (C=O) groups is 2. The van der Waals surface area contributed by atoms with Crippen molar-refractivity contribution in [3.05, 3.63) is 28.3 Å². The predicted octanol–water partition coefficient (Wildman–Crippen LogP) is 4.00. The van der Waals surface area contributed by atoms with Gasteiger partial charge in [0.2, 0.25) is 5.91 Å². The van der Waals surface area contributed by atoms with Crippen LogP contribution in [0.15, 0.2) is 12.1 Å². The summed E-state index contributed by atoms with van der Waals surface area (Å²) in [4.78, 5) is 31.0. The molecule has 0 aromatic carbocycles. The lowest BCUT2D eigenvalue weighted by Gasteiger charge is -2.31. The number of amides is 2. The normalized spacial score (nSPS) is 16.0. The van der Waals surface area contributed by atoms with Gasteiger partial charge in [-0.25, -0.2) is 4.98 Å². The molecule has 1 fully saturated rings. The third-order valence-electron chi connectivity index (χ3n) is 4.87. The molecule has 2 aromatic heterocycles. The standard InChI is InChI=1S/C19H22F3N3O2S/c1-10(2)23-16(26)12-6-8-25(9-7-12)18(27)15-11(3)13-4-5-14(19(20,21)22)24-17(13)28-15/h4-5,10,12H,6-9H2,1-3H3,(H,23,26).